The van der Waals surface area contributed by atoms with Crippen molar-refractivity contribution >= 4 is 11.9 Å². The predicted molar refractivity (Wildman–Crippen MR) is 58.8 cm³/mol. The molecule has 0 aliphatic rings. The van der Waals surface area contributed by atoms with E-state index in [0.717, 1.165) is 6.20 Å². The maximum absolute atomic E-state index is 10.6. The number of aromatic carboxylic acids is 2. The third-order valence-corrected chi connectivity index (χ3v) is 2.27. The van der Waals surface area contributed by atoms with Gasteiger partial charge in [-0.3, -0.25) is 9.97 Å². The van der Waals surface area contributed by atoms with Crippen LogP contribution in [0.4, 0.5) is 0 Å². The van der Waals surface area contributed by atoms with Gasteiger partial charge in [-0.25, -0.2) is 4.79 Å². The van der Waals surface area contributed by atoms with Crippen molar-refractivity contribution in [2.45, 2.75) is 0 Å². The van der Waals surface area contributed by atoms with Crippen molar-refractivity contribution in [3.63, 3.8) is 0 Å². The van der Waals surface area contributed by atoms with Crippen molar-refractivity contribution in [2.24, 2.45) is 0 Å². The van der Waals surface area contributed by atoms with E-state index in [1.807, 2.05) is 0 Å². The van der Waals surface area contributed by atoms with E-state index in [4.69, 9.17) is 5.11 Å². The quantitative estimate of drug-likeness (QED) is 0.826. The van der Waals surface area contributed by atoms with Gasteiger partial charge in [-0.1, -0.05) is 0 Å². The Morgan fingerprint density at radius 1 is 0.944 bits per heavy atom. The van der Waals surface area contributed by atoms with Crippen molar-refractivity contribution < 1.29 is 19.8 Å². The molecule has 0 aliphatic carbocycles. The fourth-order valence-electron chi connectivity index (χ4n) is 1.34. The summed E-state index contributed by atoms with van der Waals surface area (Å²) in [5.74, 6) is -2.36. The molecule has 2 aromatic rings. The monoisotopic (exact) mass is 243 g/mol. The van der Waals surface area contributed by atoms with E-state index in [9.17, 15) is 14.7 Å². The molecule has 18 heavy (non-hydrogen) atoms. The number of aromatic nitrogens is 2. The lowest BCUT2D eigenvalue weighted by atomic mass is 10.2. The maximum Gasteiger partial charge on any atom is 0.337 e. The Balaban J connectivity index is 2.31. The van der Waals surface area contributed by atoms with Gasteiger partial charge in [-0.15, -0.1) is 0 Å². The second-order valence-electron chi connectivity index (χ2n) is 3.46. The number of carboxylic acids is 2. The number of carboxylic acid groups (broad SMARTS) is 2. The van der Waals surface area contributed by atoms with Crippen LogP contribution >= 0.6 is 0 Å². The summed E-state index contributed by atoms with van der Waals surface area (Å²) in [6.45, 7) is 0. The largest absolute Gasteiger partial charge is 0.545 e. The van der Waals surface area contributed by atoms with Crippen LogP contribution in [0.3, 0.4) is 0 Å². The molecule has 0 saturated heterocycles. The van der Waals surface area contributed by atoms with E-state index in [1.165, 1.54) is 30.5 Å². The molecule has 90 valence electrons. The molecule has 2 rings (SSSR count). The molecule has 0 fully saturated rings. The number of hydrogen-bond donors (Lipinski definition) is 1. The summed E-state index contributed by atoms with van der Waals surface area (Å²) in [7, 11) is 0. The third-order valence-electron chi connectivity index (χ3n) is 2.27. The average molecular weight is 243 g/mol. The maximum atomic E-state index is 10.6. The molecular formula is C12H7N2O4-. The molecule has 0 aromatic carbocycles. The average Bonchev–Trinajstić information content (AvgIpc) is 2.39. The third kappa shape index (κ3) is 2.32. The molecule has 0 spiro atoms. The van der Waals surface area contributed by atoms with Crippen LogP contribution in [0.2, 0.25) is 0 Å². The van der Waals surface area contributed by atoms with Gasteiger partial charge in [0.15, 0.2) is 0 Å². The molecule has 0 atom stereocenters. The smallest absolute Gasteiger partial charge is 0.337 e. The highest BCUT2D eigenvalue weighted by Crippen LogP contribution is 2.14. The minimum atomic E-state index is -1.30. The molecule has 2 aromatic heterocycles. The van der Waals surface area contributed by atoms with Gasteiger partial charge in [0.2, 0.25) is 0 Å². The van der Waals surface area contributed by atoms with Crippen molar-refractivity contribution in [2.75, 3.05) is 0 Å². The molecule has 0 radical (unpaired) electrons. The van der Waals surface area contributed by atoms with Crippen LogP contribution in [0.25, 0.3) is 11.4 Å². The molecule has 6 nitrogen and oxygen atoms in total. The van der Waals surface area contributed by atoms with Gasteiger partial charge in [0.25, 0.3) is 0 Å². The summed E-state index contributed by atoms with van der Waals surface area (Å²) in [5, 5.41) is 19.3. The topological polar surface area (TPSA) is 103 Å². The Kier molecular flexibility index (Phi) is 3.01. The molecule has 2 heterocycles. The van der Waals surface area contributed by atoms with Crippen LogP contribution in [-0.4, -0.2) is 27.0 Å². The zero-order chi connectivity index (χ0) is 13.1. The second kappa shape index (κ2) is 4.62. The van der Waals surface area contributed by atoms with Crippen LogP contribution in [0.5, 0.6) is 0 Å². The minimum Gasteiger partial charge on any atom is -0.545 e. The predicted octanol–water partition coefficient (Wildman–Crippen LogP) is 0.205. The van der Waals surface area contributed by atoms with Crippen LogP contribution in [0.1, 0.15) is 20.7 Å². The normalized spacial score (nSPS) is 10.0. The fraction of sp³-hybridized carbons (Fsp3) is 0. The first-order valence-electron chi connectivity index (χ1n) is 4.95. The first kappa shape index (κ1) is 11.7. The lowest BCUT2D eigenvalue weighted by molar-refractivity contribution is -0.255. The summed E-state index contributed by atoms with van der Waals surface area (Å²) in [6.07, 6.45) is 2.38. The van der Waals surface area contributed by atoms with Crippen LogP contribution < -0.4 is 5.11 Å². The van der Waals surface area contributed by atoms with Gasteiger partial charge in [0.1, 0.15) is 0 Å². The molecular weight excluding hydrogens is 236 g/mol. The summed E-state index contributed by atoms with van der Waals surface area (Å²) in [6, 6.07) is 5.74. The van der Waals surface area contributed by atoms with Gasteiger partial charge in [0, 0.05) is 18.0 Å². The zero-order valence-electron chi connectivity index (χ0n) is 9.03. The number of rotatable bonds is 3. The number of nitrogens with zero attached hydrogens (tertiary/aromatic N) is 2. The first-order chi connectivity index (χ1) is 8.58. The zero-order valence-corrected chi connectivity index (χ0v) is 9.03. The molecule has 0 bridgehead atoms. The molecule has 0 amide bonds. The van der Waals surface area contributed by atoms with Crippen molar-refractivity contribution in [1.82, 2.24) is 9.97 Å². The Morgan fingerprint density at radius 2 is 1.44 bits per heavy atom. The highest BCUT2D eigenvalue weighted by Gasteiger charge is 2.05. The second-order valence-corrected chi connectivity index (χ2v) is 3.46. The van der Waals surface area contributed by atoms with E-state index >= 15 is 0 Å². The molecule has 0 saturated carbocycles. The molecule has 0 aliphatic heterocycles. The van der Waals surface area contributed by atoms with E-state index in [2.05, 4.69) is 9.97 Å². The Labute approximate surface area is 102 Å². The molecule has 0 unspecified atom stereocenters. The summed E-state index contributed by atoms with van der Waals surface area (Å²) >= 11 is 0. The number of hydrogen-bond acceptors (Lipinski definition) is 5. The van der Waals surface area contributed by atoms with Gasteiger partial charge >= 0.3 is 5.97 Å². The van der Waals surface area contributed by atoms with Crippen LogP contribution in [-0.2, 0) is 0 Å². The van der Waals surface area contributed by atoms with E-state index in [1.54, 1.807) is 0 Å². The SMILES string of the molecule is O=C([O-])c1ccc(-c2ccc(C(=O)O)cn2)nc1. The van der Waals surface area contributed by atoms with Crippen LogP contribution in [0.15, 0.2) is 36.7 Å². The highest BCUT2D eigenvalue weighted by atomic mass is 16.4. The van der Waals surface area contributed by atoms with E-state index < -0.39 is 11.9 Å². The summed E-state index contributed by atoms with van der Waals surface area (Å²) < 4.78 is 0. The van der Waals surface area contributed by atoms with E-state index in [-0.39, 0.29) is 11.1 Å². The summed E-state index contributed by atoms with van der Waals surface area (Å²) in [4.78, 5) is 29.0. The van der Waals surface area contributed by atoms with Crippen molar-refractivity contribution in [3.8, 4) is 11.4 Å². The summed E-state index contributed by atoms with van der Waals surface area (Å²) in [5.41, 5.74) is 0.966. The lowest BCUT2D eigenvalue weighted by Gasteiger charge is -2.03. The lowest BCUT2D eigenvalue weighted by Crippen LogP contribution is -2.22. The molecule has 1 N–H and O–H groups in total. The van der Waals surface area contributed by atoms with Crippen molar-refractivity contribution in [1.29, 1.82) is 0 Å². The Bertz CT molecular complexity index is 535. The Hall–Kier alpha value is -2.76. The van der Waals surface area contributed by atoms with Gasteiger partial charge < -0.3 is 15.0 Å². The highest BCUT2D eigenvalue weighted by molar-refractivity contribution is 5.87. The van der Waals surface area contributed by atoms with Gasteiger partial charge in [0.05, 0.1) is 22.9 Å². The number of carbonyl (C=O) groups is 2. The van der Waals surface area contributed by atoms with E-state index in [0.29, 0.717) is 11.4 Å². The van der Waals surface area contributed by atoms with Gasteiger partial charge in [-0.2, -0.15) is 0 Å². The van der Waals surface area contributed by atoms with Crippen LogP contribution in [0, 0.1) is 0 Å². The van der Waals surface area contributed by atoms with Gasteiger partial charge in [-0.05, 0) is 24.3 Å². The standard InChI is InChI=1S/C12H8N2O4/c15-11(16)7-1-3-9(13-5-7)10-4-2-8(6-14-10)12(17)18/h1-6H,(H,15,16)(H,17,18)/p-1. The fourth-order valence-corrected chi connectivity index (χ4v) is 1.34. The number of pyridine rings is 2. The van der Waals surface area contributed by atoms with Crippen molar-refractivity contribution in [3.05, 3.63) is 47.8 Å². The number of carbonyl (C=O) groups excluding carboxylic acids is 1. The molecule has 6 heteroatoms. The minimum absolute atomic E-state index is 0.0269. The Morgan fingerprint density at radius 3 is 1.78 bits per heavy atom. The first-order valence-corrected chi connectivity index (χ1v) is 4.95.